The first kappa shape index (κ1) is 16.0. The molecule has 2 atom stereocenters. The molecule has 1 amide bonds. The highest BCUT2D eigenvalue weighted by Crippen LogP contribution is 2.35. The van der Waals surface area contributed by atoms with Crippen LogP contribution in [0.15, 0.2) is 48.5 Å². The predicted octanol–water partition coefficient (Wildman–Crippen LogP) is 3.13. The zero-order valence-electron chi connectivity index (χ0n) is 13.2. The Kier molecular flexibility index (Phi) is 4.42. The molecule has 4 rings (SSSR count). The Bertz CT molecular complexity index is 717. The van der Waals surface area contributed by atoms with Crippen molar-refractivity contribution in [3.8, 4) is 0 Å². The second kappa shape index (κ2) is 6.34. The number of benzene rings is 2. The van der Waals surface area contributed by atoms with Gasteiger partial charge in [-0.1, -0.05) is 48.5 Å². The molecule has 2 aromatic rings. The van der Waals surface area contributed by atoms with Gasteiger partial charge in [-0.3, -0.25) is 9.69 Å². The lowest BCUT2D eigenvalue weighted by Gasteiger charge is -2.29. The minimum atomic E-state index is 0. The number of fused-ring (bicyclic) bond motifs is 3. The van der Waals surface area contributed by atoms with Crippen molar-refractivity contribution in [1.29, 1.82) is 0 Å². The van der Waals surface area contributed by atoms with Crippen molar-refractivity contribution in [2.75, 3.05) is 13.1 Å². The number of likely N-dealkylation sites (tertiary alicyclic amines) is 1. The minimum Gasteiger partial charge on any atom is -0.347 e. The highest BCUT2D eigenvalue weighted by molar-refractivity contribution is 5.99. The van der Waals surface area contributed by atoms with Crippen LogP contribution in [-0.4, -0.2) is 29.9 Å². The number of halogens is 1. The van der Waals surface area contributed by atoms with E-state index >= 15 is 0 Å². The molecule has 0 saturated carbocycles. The highest BCUT2D eigenvalue weighted by atomic mass is 35.5. The van der Waals surface area contributed by atoms with E-state index in [-0.39, 0.29) is 24.4 Å². The average Bonchev–Trinajstić information content (AvgIpc) is 2.91. The number of rotatable bonds is 2. The molecule has 1 fully saturated rings. The lowest BCUT2D eigenvalue weighted by molar-refractivity contribution is 0.0922. The van der Waals surface area contributed by atoms with Gasteiger partial charge in [0, 0.05) is 37.2 Å². The van der Waals surface area contributed by atoms with Gasteiger partial charge in [-0.25, -0.2) is 0 Å². The molecule has 2 heterocycles. The SMILES string of the molecule is Cc1cccc2c1C(=O)N[C@H]1CN(Cc3ccccc3)C[C@H]21.Cl. The van der Waals surface area contributed by atoms with Crippen LogP contribution in [0.2, 0.25) is 0 Å². The Morgan fingerprint density at radius 3 is 2.65 bits per heavy atom. The van der Waals surface area contributed by atoms with E-state index in [4.69, 9.17) is 0 Å². The minimum absolute atomic E-state index is 0. The Hall–Kier alpha value is -1.84. The van der Waals surface area contributed by atoms with Crippen LogP contribution in [0, 0.1) is 6.92 Å². The molecule has 2 aromatic carbocycles. The standard InChI is InChI=1S/C19H20N2O.ClH/c1-13-6-5-9-15-16-11-21(10-14-7-3-2-4-8-14)12-17(16)20-19(22)18(13)15;/h2-9,16-17H,10-12H2,1H3,(H,20,22);1H/t16-,17+;/m1./s1. The fourth-order valence-electron chi connectivity index (χ4n) is 3.87. The van der Waals surface area contributed by atoms with Crippen LogP contribution in [-0.2, 0) is 6.54 Å². The summed E-state index contributed by atoms with van der Waals surface area (Å²) in [6, 6.07) is 17.0. The first-order valence-corrected chi connectivity index (χ1v) is 7.89. The van der Waals surface area contributed by atoms with Crippen molar-refractivity contribution in [3.05, 3.63) is 70.8 Å². The van der Waals surface area contributed by atoms with E-state index < -0.39 is 0 Å². The smallest absolute Gasteiger partial charge is 0.252 e. The van der Waals surface area contributed by atoms with E-state index in [9.17, 15) is 4.79 Å². The maximum Gasteiger partial charge on any atom is 0.252 e. The Labute approximate surface area is 143 Å². The first-order valence-electron chi connectivity index (χ1n) is 7.89. The molecule has 0 bridgehead atoms. The van der Waals surface area contributed by atoms with Gasteiger partial charge in [-0.2, -0.15) is 0 Å². The summed E-state index contributed by atoms with van der Waals surface area (Å²) < 4.78 is 0. The van der Waals surface area contributed by atoms with Gasteiger partial charge in [0.05, 0.1) is 0 Å². The van der Waals surface area contributed by atoms with Crippen LogP contribution in [0.25, 0.3) is 0 Å². The van der Waals surface area contributed by atoms with Gasteiger partial charge in [-0.15, -0.1) is 12.4 Å². The van der Waals surface area contributed by atoms with Crippen molar-refractivity contribution in [2.45, 2.75) is 25.4 Å². The van der Waals surface area contributed by atoms with E-state index in [0.717, 1.165) is 30.8 Å². The summed E-state index contributed by atoms with van der Waals surface area (Å²) in [5.41, 5.74) is 4.53. The van der Waals surface area contributed by atoms with E-state index in [1.54, 1.807) is 0 Å². The molecule has 2 aliphatic rings. The van der Waals surface area contributed by atoms with Crippen molar-refractivity contribution < 1.29 is 4.79 Å². The third kappa shape index (κ3) is 2.87. The van der Waals surface area contributed by atoms with Gasteiger partial charge in [0.15, 0.2) is 0 Å². The summed E-state index contributed by atoms with van der Waals surface area (Å²) in [5, 5.41) is 3.21. The van der Waals surface area contributed by atoms with Crippen molar-refractivity contribution in [2.24, 2.45) is 0 Å². The molecule has 1 N–H and O–H groups in total. The van der Waals surface area contributed by atoms with Gasteiger partial charge in [0.2, 0.25) is 0 Å². The molecule has 2 aliphatic heterocycles. The maximum absolute atomic E-state index is 12.4. The second-order valence-corrected chi connectivity index (χ2v) is 6.41. The van der Waals surface area contributed by atoms with Crippen LogP contribution in [0.4, 0.5) is 0 Å². The molecular formula is C19H21ClN2O. The Morgan fingerprint density at radius 2 is 1.87 bits per heavy atom. The number of carbonyl (C=O) groups excluding carboxylic acids is 1. The van der Waals surface area contributed by atoms with Gasteiger partial charge < -0.3 is 5.32 Å². The van der Waals surface area contributed by atoms with Crippen molar-refractivity contribution in [3.63, 3.8) is 0 Å². The van der Waals surface area contributed by atoms with E-state index in [2.05, 4.69) is 46.6 Å². The van der Waals surface area contributed by atoms with Gasteiger partial charge in [0.1, 0.15) is 0 Å². The van der Waals surface area contributed by atoms with Gasteiger partial charge in [0.25, 0.3) is 5.91 Å². The number of nitrogens with one attached hydrogen (secondary N) is 1. The molecule has 0 aromatic heterocycles. The van der Waals surface area contributed by atoms with Crippen LogP contribution >= 0.6 is 12.4 Å². The molecule has 0 radical (unpaired) electrons. The average molecular weight is 329 g/mol. The van der Waals surface area contributed by atoms with Crippen LogP contribution in [0.5, 0.6) is 0 Å². The molecule has 0 unspecified atom stereocenters. The molecule has 23 heavy (non-hydrogen) atoms. The lowest BCUT2D eigenvalue weighted by atomic mass is 9.84. The number of aryl methyl sites for hydroxylation is 1. The van der Waals surface area contributed by atoms with Gasteiger partial charge >= 0.3 is 0 Å². The zero-order chi connectivity index (χ0) is 15.1. The molecular weight excluding hydrogens is 308 g/mol. The van der Waals surface area contributed by atoms with Gasteiger partial charge in [-0.05, 0) is 23.6 Å². The maximum atomic E-state index is 12.4. The Morgan fingerprint density at radius 1 is 1.09 bits per heavy atom. The van der Waals surface area contributed by atoms with E-state index in [0.29, 0.717) is 5.92 Å². The zero-order valence-corrected chi connectivity index (χ0v) is 14.0. The first-order chi connectivity index (χ1) is 10.7. The van der Waals surface area contributed by atoms with Crippen LogP contribution in [0.3, 0.4) is 0 Å². The molecule has 120 valence electrons. The highest BCUT2D eigenvalue weighted by Gasteiger charge is 2.40. The van der Waals surface area contributed by atoms with E-state index in [1.165, 1.54) is 11.1 Å². The topological polar surface area (TPSA) is 32.3 Å². The monoisotopic (exact) mass is 328 g/mol. The summed E-state index contributed by atoms with van der Waals surface area (Å²) in [6.07, 6.45) is 0. The van der Waals surface area contributed by atoms with Crippen molar-refractivity contribution in [1.82, 2.24) is 10.2 Å². The summed E-state index contributed by atoms with van der Waals surface area (Å²) in [5.74, 6) is 0.507. The normalized spacial score (nSPS) is 22.7. The van der Waals surface area contributed by atoms with Crippen molar-refractivity contribution >= 4 is 18.3 Å². The molecule has 0 spiro atoms. The molecule has 1 saturated heterocycles. The van der Waals surface area contributed by atoms with Crippen LogP contribution in [0.1, 0.15) is 33.0 Å². The number of hydrogen-bond donors (Lipinski definition) is 1. The summed E-state index contributed by atoms with van der Waals surface area (Å²) in [4.78, 5) is 14.8. The fourth-order valence-corrected chi connectivity index (χ4v) is 3.87. The summed E-state index contributed by atoms with van der Waals surface area (Å²) in [7, 11) is 0. The quantitative estimate of drug-likeness (QED) is 0.918. The molecule has 0 aliphatic carbocycles. The van der Waals surface area contributed by atoms with Crippen LogP contribution < -0.4 is 5.32 Å². The third-order valence-electron chi connectivity index (χ3n) is 4.89. The van der Waals surface area contributed by atoms with E-state index in [1.807, 2.05) is 19.1 Å². The number of nitrogens with zero attached hydrogens (tertiary/aromatic N) is 1. The fraction of sp³-hybridized carbons (Fsp3) is 0.316. The molecule has 3 nitrogen and oxygen atoms in total. The predicted molar refractivity (Wildman–Crippen MR) is 94.1 cm³/mol. The number of carbonyl (C=O) groups is 1. The second-order valence-electron chi connectivity index (χ2n) is 6.41. The molecule has 4 heteroatoms. The number of hydrogen-bond acceptors (Lipinski definition) is 2. The lowest BCUT2D eigenvalue weighted by Crippen LogP contribution is -2.44. The largest absolute Gasteiger partial charge is 0.347 e. The summed E-state index contributed by atoms with van der Waals surface area (Å²) >= 11 is 0. The summed E-state index contributed by atoms with van der Waals surface area (Å²) in [6.45, 7) is 4.91. The Balaban J connectivity index is 0.00000156. The number of amides is 1. The third-order valence-corrected chi connectivity index (χ3v) is 4.89.